The van der Waals surface area contributed by atoms with Gasteiger partial charge in [-0.25, -0.2) is 4.39 Å². The van der Waals surface area contributed by atoms with Gasteiger partial charge in [0.05, 0.1) is 12.2 Å². The van der Waals surface area contributed by atoms with Gasteiger partial charge in [0.15, 0.2) is 17.2 Å². The fraction of sp³-hybridized carbons (Fsp3) is 0.100. The molecule has 128 valence electrons. The molecule has 0 radical (unpaired) electrons. The molecule has 1 unspecified atom stereocenters. The number of fused-ring (bicyclic) bond motifs is 2. The molecule has 3 heterocycles. The molecule has 0 aliphatic carbocycles. The van der Waals surface area contributed by atoms with Crippen LogP contribution in [0.25, 0.3) is 22.2 Å². The highest BCUT2D eigenvalue weighted by molar-refractivity contribution is 6.00. The van der Waals surface area contributed by atoms with Crippen LogP contribution in [0.15, 0.2) is 54.9 Å². The van der Waals surface area contributed by atoms with Gasteiger partial charge >= 0.3 is 0 Å². The molecule has 0 fully saturated rings. The number of nitrogens with zero attached hydrogens (tertiary/aromatic N) is 3. The number of aromatic hydroxyl groups is 1. The first-order chi connectivity index (χ1) is 12.6. The normalized spacial score (nSPS) is 15.4. The number of hydrogen-bond acceptors (Lipinski definition) is 4. The summed E-state index contributed by atoms with van der Waals surface area (Å²) in [5, 5.41) is 22.5. The Bertz CT molecular complexity index is 1170. The van der Waals surface area contributed by atoms with Crippen LogP contribution >= 0.6 is 0 Å². The fourth-order valence-corrected chi connectivity index (χ4v) is 3.71. The minimum absolute atomic E-state index is 0.277. The molecule has 1 atom stereocenters. The molecule has 0 amide bonds. The van der Waals surface area contributed by atoms with Gasteiger partial charge in [-0.05, 0) is 23.8 Å². The Morgan fingerprint density at radius 2 is 2.00 bits per heavy atom. The molecule has 5 nitrogen and oxygen atoms in total. The molecule has 0 saturated carbocycles. The van der Waals surface area contributed by atoms with E-state index in [0.29, 0.717) is 0 Å². The van der Waals surface area contributed by atoms with Crippen molar-refractivity contribution in [2.75, 3.05) is 5.32 Å². The Balaban J connectivity index is 1.85. The van der Waals surface area contributed by atoms with Crippen molar-refractivity contribution < 1.29 is 9.50 Å². The van der Waals surface area contributed by atoms with Crippen LogP contribution in [0, 0.1) is 5.82 Å². The second-order valence-corrected chi connectivity index (χ2v) is 6.49. The minimum atomic E-state index is -0.637. The summed E-state index contributed by atoms with van der Waals surface area (Å²) >= 11 is 0. The van der Waals surface area contributed by atoms with E-state index < -0.39 is 5.82 Å². The molecule has 5 rings (SSSR count). The van der Waals surface area contributed by atoms with Crippen LogP contribution in [0.5, 0.6) is 5.75 Å². The first-order valence-electron chi connectivity index (χ1n) is 8.28. The van der Waals surface area contributed by atoms with Crippen LogP contribution < -0.4 is 5.32 Å². The Morgan fingerprint density at radius 1 is 1.15 bits per heavy atom. The maximum Gasteiger partial charge on any atom is 0.165 e. The smallest absolute Gasteiger partial charge is 0.165 e. The number of phenolic OH excluding ortho intramolecular Hbond substituents is 1. The molecule has 1 aliphatic rings. The summed E-state index contributed by atoms with van der Waals surface area (Å²) in [4.78, 5) is 0. The number of benzene rings is 2. The predicted molar refractivity (Wildman–Crippen MR) is 97.5 cm³/mol. The largest absolute Gasteiger partial charge is 0.505 e. The van der Waals surface area contributed by atoms with Crippen molar-refractivity contribution in [3.63, 3.8) is 0 Å². The highest BCUT2D eigenvalue weighted by atomic mass is 19.1. The standard InChI is InChI=1S/C20H15FN4O/c1-25-10-14-18-13(9-22-24-20(18)25)12-4-2-3-5-16(12)23-19(14)11-6-7-17(26)15(21)8-11/h2-10,19,23,26H,1H3. The van der Waals surface area contributed by atoms with Crippen molar-refractivity contribution in [1.82, 2.24) is 14.8 Å². The number of halogens is 1. The number of aryl methyl sites for hydroxylation is 1. The van der Waals surface area contributed by atoms with E-state index in [1.54, 1.807) is 12.3 Å². The number of anilines is 1. The third-order valence-electron chi connectivity index (χ3n) is 4.92. The Kier molecular flexibility index (Phi) is 3.03. The zero-order valence-electron chi connectivity index (χ0n) is 13.9. The molecular formula is C20H15FN4O. The van der Waals surface area contributed by atoms with Gasteiger partial charge in [-0.15, -0.1) is 5.10 Å². The summed E-state index contributed by atoms with van der Waals surface area (Å²) in [5.74, 6) is -0.991. The second kappa shape index (κ2) is 5.29. The number of para-hydroxylation sites is 1. The van der Waals surface area contributed by atoms with Crippen molar-refractivity contribution in [2.24, 2.45) is 7.05 Å². The van der Waals surface area contributed by atoms with Gasteiger partial charge in [-0.3, -0.25) is 0 Å². The highest BCUT2D eigenvalue weighted by Gasteiger charge is 2.27. The van der Waals surface area contributed by atoms with Crippen molar-refractivity contribution in [1.29, 1.82) is 0 Å². The maximum atomic E-state index is 14.0. The number of aromatic nitrogens is 3. The van der Waals surface area contributed by atoms with Gasteiger partial charge in [0.25, 0.3) is 0 Å². The van der Waals surface area contributed by atoms with Crippen LogP contribution in [0.1, 0.15) is 17.2 Å². The Hall–Kier alpha value is -3.41. The first kappa shape index (κ1) is 14.9. The minimum Gasteiger partial charge on any atom is -0.505 e. The lowest BCUT2D eigenvalue weighted by Crippen LogP contribution is -2.11. The van der Waals surface area contributed by atoms with Crippen LogP contribution in [-0.4, -0.2) is 19.9 Å². The van der Waals surface area contributed by atoms with E-state index in [1.165, 1.54) is 12.1 Å². The molecule has 0 bridgehead atoms. The van der Waals surface area contributed by atoms with E-state index in [4.69, 9.17) is 0 Å². The lowest BCUT2D eigenvalue weighted by Gasteiger charge is -2.20. The van der Waals surface area contributed by atoms with Crippen LogP contribution in [0.2, 0.25) is 0 Å². The van der Waals surface area contributed by atoms with Crippen molar-refractivity contribution in [3.05, 3.63) is 71.8 Å². The summed E-state index contributed by atoms with van der Waals surface area (Å²) in [6.07, 6.45) is 3.77. The fourth-order valence-electron chi connectivity index (χ4n) is 3.71. The molecule has 0 spiro atoms. The van der Waals surface area contributed by atoms with Gasteiger partial charge in [0.1, 0.15) is 0 Å². The molecule has 2 aromatic carbocycles. The number of nitrogens with one attached hydrogen (secondary N) is 1. The Labute approximate surface area is 148 Å². The monoisotopic (exact) mass is 346 g/mol. The summed E-state index contributed by atoms with van der Waals surface area (Å²) in [5.41, 5.74) is 5.47. The first-order valence-corrected chi connectivity index (χ1v) is 8.28. The van der Waals surface area contributed by atoms with Gasteiger partial charge in [-0.1, -0.05) is 24.3 Å². The Morgan fingerprint density at radius 3 is 2.85 bits per heavy atom. The maximum absolute atomic E-state index is 14.0. The average Bonchev–Trinajstić information content (AvgIpc) is 2.91. The van der Waals surface area contributed by atoms with E-state index in [1.807, 2.05) is 42.1 Å². The van der Waals surface area contributed by atoms with Crippen molar-refractivity contribution >= 4 is 16.7 Å². The molecule has 1 aliphatic heterocycles. The predicted octanol–water partition coefficient (Wildman–Crippen LogP) is 3.99. The third kappa shape index (κ3) is 2.02. The highest BCUT2D eigenvalue weighted by Crippen LogP contribution is 2.43. The molecule has 2 N–H and O–H groups in total. The number of phenols is 1. The van der Waals surface area contributed by atoms with E-state index in [0.717, 1.165) is 39.0 Å². The summed E-state index contributed by atoms with van der Waals surface area (Å²) in [7, 11) is 1.92. The van der Waals surface area contributed by atoms with Gasteiger partial charge < -0.3 is 15.0 Å². The molecule has 2 aromatic heterocycles. The van der Waals surface area contributed by atoms with Gasteiger partial charge in [0.2, 0.25) is 0 Å². The molecule has 26 heavy (non-hydrogen) atoms. The van der Waals surface area contributed by atoms with Crippen molar-refractivity contribution in [2.45, 2.75) is 6.04 Å². The van der Waals surface area contributed by atoms with Crippen LogP contribution in [-0.2, 0) is 7.05 Å². The van der Waals surface area contributed by atoms with Gasteiger partial charge in [-0.2, -0.15) is 5.10 Å². The number of hydrogen-bond donors (Lipinski definition) is 2. The average molecular weight is 346 g/mol. The molecule has 0 saturated heterocycles. The van der Waals surface area contributed by atoms with Gasteiger partial charge in [0, 0.05) is 41.0 Å². The molecule has 4 aromatic rings. The van der Waals surface area contributed by atoms with Crippen LogP contribution in [0.4, 0.5) is 10.1 Å². The van der Waals surface area contributed by atoms with E-state index in [2.05, 4.69) is 15.5 Å². The molecular weight excluding hydrogens is 331 g/mol. The van der Waals surface area contributed by atoms with E-state index in [9.17, 15) is 9.50 Å². The quantitative estimate of drug-likeness (QED) is 0.547. The van der Waals surface area contributed by atoms with Crippen LogP contribution in [0.3, 0.4) is 0 Å². The second-order valence-electron chi connectivity index (χ2n) is 6.49. The lowest BCUT2D eigenvalue weighted by molar-refractivity contribution is 0.431. The van der Waals surface area contributed by atoms with E-state index >= 15 is 0 Å². The zero-order chi connectivity index (χ0) is 17.8. The SMILES string of the molecule is Cn1cc2c3c(cnnc31)-c1ccccc1NC2c1ccc(O)c(F)c1. The topological polar surface area (TPSA) is 63.0 Å². The zero-order valence-corrected chi connectivity index (χ0v) is 13.9. The lowest BCUT2D eigenvalue weighted by atomic mass is 9.97. The summed E-state index contributed by atoms with van der Waals surface area (Å²) in [6, 6.07) is 12.2. The summed E-state index contributed by atoms with van der Waals surface area (Å²) < 4.78 is 15.9. The van der Waals surface area contributed by atoms with E-state index in [-0.39, 0.29) is 11.8 Å². The summed E-state index contributed by atoms with van der Waals surface area (Å²) in [6.45, 7) is 0. The van der Waals surface area contributed by atoms with Crippen molar-refractivity contribution in [3.8, 4) is 16.9 Å². The third-order valence-corrected chi connectivity index (χ3v) is 4.92. The number of rotatable bonds is 1. The molecule has 6 heteroatoms.